The molecule has 8 heteroatoms. The zero-order valence-corrected chi connectivity index (χ0v) is 22.4. The summed E-state index contributed by atoms with van der Waals surface area (Å²) in [5.41, 5.74) is 2.27. The van der Waals surface area contributed by atoms with Crippen LogP contribution in [0.4, 0.5) is 0 Å². The summed E-state index contributed by atoms with van der Waals surface area (Å²) in [5.74, 6) is -0.0716. The first-order valence-electron chi connectivity index (χ1n) is 11.1. The van der Waals surface area contributed by atoms with Gasteiger partial charge >= 0.3 is 35.5 Å². The smallest absolute Gasteiger partial charge is 0.462 e. The molecule has 0 aromatic rings. The molecule has 0 amide bonds. The summed E-state index contributed by atoms with van der Waals surface area (Å²) in [6.07, 6.45) is 9.05. The van der Waals surface area contributed by atoms with E-state index in [-0.39, 0.29) is 46.9 Å². The standard InChI is InChI=1S/C23H36O6S.Na/c1-15(2)16-6-8-19-17(12-16)7-9-20-22(19,3)10-5-11-23(20,4)21(25)29-13-18(24)14-30(26,27)28;/h7,12,15,18-20,24H,5-6,8-11,13-14H2,1-4H3,(H,26,27,28);/q;+1/t18?,19?,20?,22-,23-;/m1./s1. The third-order valence-electron chi connectivity index (χ3n) is 7.86. The SMILES string of the molecule is CC(C)C1=CC2=CCC3[C@](C)(CCC[C@@]3(C)C(=O)OCC(O)CS(=O)(=O)O)C2CC1.[Na+]. The molecule has 6 nitrogen and oxygen atoms in total. The van der Waals surface area contributed by atoms with Crippen LogP contribution in [0.15, 0.2) is 23.3 Å². The third-order valence-corrected chi connectivity index (χ3v) is 8.66. The third kappa shape index (κ3) is 5.67. The maximum absolute atomic E-state index is 13.1. The Morgan fingerprint density at radius 2 is 1.97 bits per heavy atom. The molecule has 0 spiro atoms. The number of hydrogen-bond acceptors (Lipinski definition) is 5. The fraction of sp³-hybridized carbons (Fsp3) is 0.783. The van der Waals surface area contributed by atoms with Gasteiger partial charge in [-0.25, -0.2) is 0 Å². The number of carbonyl (C=O) groups is 1. The summed E-state index contributed by atoms with van der Waals surface area (Å²) in [5, 5.41) is 9.79. The first kappa shape index (κ1) is 27.1. The summed E-state index contributed by atoms with van der Waals surface area (Å²) in [7, 11) is -4.32. The molecule has 31 heavy (non-hydrogen) atoms. The van der Waals surface area contributed by atoms with Crippen LogP contribution in [0, 0.1) is 28.6 Å². The van der Waals surface area contributed by atoms with Crippen LogP contribution in [-0.2, 0) is 19.6 Å². The largest absolute Gasteiger partial charge is 1.00 e. The van der Waals surface area contributed by atoms with Crippen LogP contribution in [0.2, 0.25) is 0 Å². The van der Waals surface area contributed by atoms with Crippen molar-refractivity contribution < 1.29 is 57.2 Å². The molecule has 0 aromatic heterocycles. The molecule has 3 unspecified atom stereocenters. The zero-order valence-electron chi connectivity index (χ0n) is 19.6. The van der Waals surface area contributed by atoms with Gasteiger partial charge in [0.15, 0.2) is 0 Å². The average Bonchev–Trinajstić information content (AvgIpc) is 2.64. The van der Waals surface area contributed by atoms with Crippen molar-refractivity contribution in [2.75, 3.05) is 12.4 Å². The molecule has 5 atom stereocenters. The number of rotatable bonds is 6. The number of aliphatic hydroxyl groups is 1. The van der Waals surface area contributed by atoms with Crippen molar-refractivity contribution in [3.8, 4) is 0 Å². The Bertz CT molecular complexity index is 848. The fourth-order valence-corrected chi connectivity index (χ4v) is 6.80. The Morgan fingerprint density at radius 3 is 2.58 bits per heavy atom. The van der Waals surface area contributed by atoms with Gasteiger partial charge in [-0.15, -0.1) is 0 Å². The van der Waals surface area contributed by atoms with Gasteiger partial charge in [-0.2, -0.15) is 8.42 Å². The minimum Gasteiger partial charge on any atom is -0.462 e. The van der Waals surface area contributed by atoms with Crippen LogP contribution in [0.1, 0.15) is 66.2 Å². The second kappa shape index (κ2) is 9.98. The van der Waals surface area contributed by atoms with Crippen molar-refractivity contribution in [3.05, 3.63) is 23.3 Å². The maximum Gasteiger partial charge on any atom is 1.00 e. The van der Waals surface area contributed by atoms with Gasteiger partial charge in [0.1, 0.15) is 18.5 Å². The molecule has 0 heterocycles. The van der Waals surface area contributed by atoms with Crippen LogP contribution in [-0.4, -0.2) is 42.5 Å². The van der Waals surface area contributed by atoms with Gasteiger partial charge in [-0.1, -0.05) is 44.9 Å². The molecule has 3 aliphatic rings. The molecule has 3 aliphatic carbocycles. The van der Waals surface area contributed by atoms with E-state index in [0.717, 1.165) is 38.5 Å². The Kier molecular flexibility index (Phi) is 8.71. The molecular weight excluding hydrogens is 427 g/mol. The van der Waals surface area contributed by atoms with Gasteiger partial charge in [0.25, 0.3) is 10.1 Å². The first-order chi connectivity index (χ1) is 13.9. The molecule has 0 aromatic carbocycles. The number of aliphatic hydroxyl groups excluding tert-OH is 1. The van der Waals surface area contributed by atoms with E-state index in [9.17, 15) is 18.3 Å². The number of carbonyl (C=O) groups excluding carboxylic acids is 1. The van der Waals surface area contributed by atoms with Gasteiger partial charge < -0.3 is 9.84 Å². The van der Waals surface area contributed by atoms with Crippen molar-refractivity contribution in [2.24, 2.45) is 28.6 Å². The monoisotopic (exact) mass is 463 g/mol. The molecular formula is C23H36NaO6S+. The maximum atomic E-state index is 13.1. The van der Waals surface area contributed by atoms with E-state index in [0.29, 0.717) is 11.8 Å². The minimum atomic E-state index is -4.32. The summed E-state index contributed by atoms with van der Waals surface area (Å²) in [6, 6.07) is 0. The molecule has 3 rings (SSSR count). The van der Waals surface area contributed by atoms with Gasteiger partial charge in [-0.3, -0.25) is 9.35 Å². The summed E-state index contributed by atoms with van der Waals surface area (Å²) in [4.78, 5) is 13.1. The second-order valence-corrected chi connectivity index (χ2v) is 11.7. The van der Waals surface area contributed by atoms with Crippen LogP contribution in [0.25, 0.3) is 0 Å². The molecule has 0 radical (unpaired) electrons. The van der Waals surface area contributed by atoms with Crippen LogP contribution >= 0.6 is 0 Å². The quantitative estimate of drug-likeness (QED) is 0.345. The van der Waals surface area contributed by atoms with Crippen LogP contribution in [0.5, 0.6) is 0 Å². The molecule has 0 bridgehead atoms. The first-order valence-corrected chi connectivity index (χ1v) is 12.7. The van der Waals surface area contributed by atoms with Gasteiger partial charge in [-0.05, 0) is 67.8 Å². The molecule has 0 saturated heterocycles. The Labute approximate surface area is 208 Å². The number of fused-ring (bicyclic) bond motifs is 3. The predicted octanol–water partition coefficient (Wildman–Crippen LogP) is 0.918. The van der Waals surface area contributed by atoms with Crippen LogP contribution in [0.3, 0.4) is 0 Å². The van der Waals surface area contributed by atoms with Gasteiger partial charge in [0.2, 0.25) is 0 Å². The second-order valence-electron chi connectivity index (χ2n) is 10.2. The molecule has 1 fully saturated rings. The Hall–Kier alpha value is -0.180. The normalized spacial score (nSPS) is 33.9. The zero-order chi connectivity index (χ0) is 22.3. The molecule has 0 aliphatic heterocycles. The van der Waals surface area contributed by atoms with E-state index < -0.39 is 34.0 Å². The number of hydrogen-bond donors (Lipinski definition) is 2. The molecule has 2 N–H and O–H groups in total. The number of esters is 1. The van der Waals surface area contributed by atoms with Crippen LogP contribution < -0.4 is 29.6 Å². The van der Waals surface area contributed by atoms with Gasteiger partial charge in [0.05, 0.1) is 5.41 Å². The van der Waals surface area contributed by atoms with E-state index in [4.69, 9.17) is 9.29 Å². The average molecular weight is 464 g/mol. The Morgan fingerprint density at radius 1 is 1.29 bits per heavy atom. The number of allylic oxidation sites excluding steroid dienone is 4. The van der Waals surface area contributed by atoms with Crippen molar-refractivity contribution >= 4 is 16.1 Å². The minimum absolute atomic E-state index is 0. The van der Waals surface area contributed by atoms with Crippen molar-refractivity contribution in [1.82, 2.24) is 0 Å². The Balaban J connectivity index is 0.00000341. The number of ether oxygens (including phenoxy) is 1. The van der Waals surface area contributed by atoms with Crippen molar-refractivity contribution in [2.45, 2.75) is 72.3 Å². The van der Waals surface area contributed by atoms with Crippen molar-refractivity contribution in [1.29, 1.82) is 0 Å². The fourth-order valence-electron chi connectivity index (χ4n) is 6.22. The van der Waals surface area contributed by atoms with Crippen molar-refractivity contribution in [3.63, 3.8) is 0 Å². The predicted molar refractivity (Wildman–Crippen MR) is 115 cm³/mol. The topological polar surface area (TPSA) is 101 Å². The van der Waals surface area contributed by atoms with E-state index in [1.165, 1.54) is 11.1 Å². The molecule has 170 valence electrons. The summed E-state index contributed by atoms with van der Waals surface area (Å²) in [6.45, 7) is 8.34. The van der Waals surface area contributed by atoms with Gasteiger partial charge in [0, 0.05) is 0 Å². The van der Waals surface area contributed by atoms with E-state index >= 15 is 0 Å². The summed E-state index contributed by atoms with van der Waals surface area (Å²) >= 11 is 0. The van der Waals surface area contributed by atoms with E-state index in [1.54, 1.807) is 0 Å². The van der Waals surface area contributed by atoms with E-state index in [1.807, 2.05) is 6.92 Å². The van der Waals surface area contributed by atoms with E-state index in [2.05, 4.69) is 32.9 Å². The molecule has 1 saturated carbocycles. The summed E-state index contributed by atoms with van der Waals surface area (Å²) < 4.78 is 36.1.